The molecule has 1 spiro atoms. The van der Waals surface area contributed by atoms with Gasteiger partial charge >= 0.3 is 6.03 Å². The van der Waals surface area contributed by atoms with E-state index in [0.29, 0.717) is 25.1 Å². The summed E-state index contributed by atoms with van der Waals surface area (Å²) in [5.74, 6) is -0.200. The maximum absolute atomic E-state index is 13.8. The molecule has 5 rings (SSSR count). The monoisotopic (exact) mass is 568 g/mol. The molecule has 1 aromatic heterocycles. The lowest BCUT2D eigenvalue weighted by Gasteiger charge is -2.52. The smallest absolute Gasteiger partial charge is 0.321 e. The standard InChI is InChI=1S/C30H40N4O5S/c1-32(2)30(23-9-5-4-6-10-23)17-15-28(16-18-30)21-33(27(36)34(28)22-29(37)13-8-14-29)20-25(35)19-24-11-7-12-26(31-24)40(3,38)39/h4-7,9-12,37H,8,13-22H2,1-3H3. The average Bonchev–Trinajstić information content (AvgIpc) is 3.13. The predicted octanol–water partition coefficient (Wildman–Crippen LogP) is 3.02. The second kappa shape index (κ2) is 10.5. The van der Waals surface area contributed by atoms with Crippen LogP contribution in [0.5, 0.6) is 0 Å². The van der Waals surface area contributed by atoms with Gasteiger partial charge in [-0.1, -0.05) is 36.4 Å². The first-order valence-corrected chi connectivity index (χ1v) is 15.9. The largest absolute Gasteiger partial charge is 0.388 e. The van der Waals surface area contributed by atoms with Gasteiger partial charge in [0.2, 0.25) is 0 Å². The van der Waals surface area contributed by atoms with Crippen LogP contribution < -0.4 is 0 Å². The number of sulfone groups is 1. The van der Waals surface area contributed by atoms with Crippen LogP contribution in [0, 0.1) is 0 Å². The van der Waals surface area contributed by atoms with Gasteiger partial charge in [0.15, 0.2) is 20.6 Å². The lowest BCUT2D eigenvalue weighted by atomic mass is 9.67. The van der Waals surface area contributed by atoms with E-state index in [-0.39, 0.29) is 41.9 Å². The molecular weight excluding hydrogens is 528 g/mol. The Morgan fingerprint density at radius 2 is 1.68 bits per heavy atom. The zero-order valence-electron chi connectivity index (χ0n) is 23.7. The van der Waals surface area contributed by atoms with E-state index in [0.717, 1.165) is 38.4 Å². The number of benzene rings is 1. The fraction of sp³-hybridized carbons (Fsp3) is 0.567. The molecule has 2 aromatic rings. The number of ketones is 1. The SMILES string of the molecule is CN(C)C1(c2ccccc2)CCC2(CC1)CN(CC(=O)Cc1cccc(S(C)(=O)=O)n1)C(=O)N2CC1(O)CCC1. The Kier molecular flexibility index (Phi) is 7.56. The topological polar surface area (TPSA) is 111 Å². The summed E-state index contributed by atoms with van der Waals surface area (Å²) in [5.41, 5.74) is 0.165. The molecule has 1 saturated heterocycles. The van der Waals surface area contributed by atoms with E-state index in [4.69, 9.17) is 0 Å². The summed E-state index contributed by atoms with van der Waals surface area (Å²) >= 11 is 0. The van der Waals surface area contributed by atoms with E-state index in [1.165, 1.54) is 11.6 Å². The number of Topliss-reactive ketones (excluding diaryl/α,β-unsaturated/α-hetero) is 1. The summed E-state index contributed by atoms with van der Waals surface area (Å²) in [6, 6.07) is 14.9. The third kappa shape index (κ3) is 5.41. The van der Waals surface area contributed by atoms with E-state index < -0.39 is 21.0 Å². The Hall–Kier alpha value is -2.82. The third-order valence-electron chi connectivity index (χ3n) is 9.38. The Morgan fingerprint density at radius 3 is 2.25 bits per heavy atom. The minimum absolute atomic E-state index is 0.0537. The number of hydrogen-bond donors (Lipinski definition) is 1. The van der Waals surface area contributed by atoms with Crippen molar-refractivity contribution in [1.82, 2.24) is 19.7 Å². The lowest BCUT2D eigenvalue weighted by molar-refractivity contribution is -0.119. The van der Waals surface area contributed by atoms with Crippen LogP contribution in [0.2, 0.25) is 0 Å². The highest BCUT2D eigenvalue weighted by Gasteiger charge is 2.56. The van der Waals surface area contributed by atoms with Crippen LogP contribution in [0.25, 0.3) is 0 Å². The molecule has 10 heteroatoms. The van der Waals surface area contributed by atoms with Crippen molar-refractivity contribution in [3.63, 3.8) is 0 Å². The molecule has 1 N–H and O–H groups in total. The molecule has 40 heavy (non-hydrogen) atoms. The van der Waals surface area contributed by atoms with Crippen LogP contribution in [0.15, 0.2) is 53.6 Å². The first-order valence-electron chi connectivity index (χ1n) is 14.1. The van der Waals surface area contributed by atoms with Crippen LogP contribution in [0.4, 0.5) is 4.79 Å². The van der Waals surface area contributed by atoms with Crippen molar-refractivity contribution in [3.05, 3.63) is 59.8 Å². The molecule has 2 amide bonds. The molecule has 216 valence electrons. The molecular formula is C30H40N4O5S. The Balaban J connectivity index is 1.35. The Labute approximate surface area is 237 Å². The van der Waals surface area contributed by atoms with Gasteiger partial charge in [0.1, 0.15) is 0 Å². The highest BCUT2D eigenvalue weighted by atomic mass is 32.2. The van der Waals surface area contributed by atoms with E-state index in [9.17, 15) is 23.1 Å². The van der Waals surface area contributed by atoms with Crippen molar-refractivity contribution in [2.45, 2.75) is 73.1 Å². The van der Waals surface area contributed by atoms with Gasteiger partial charge in [-0.25, -0.2) is 18.2 Å². The molecule has 1 aromatic carbocycles. The van der Waals surface area contributed by atoms with Gasteiger partial charge in [-0.15, -0.1) is 0 Å². The van der Waals surface area contributed by atoms with Crippen molar-refractivity contribution < 1.29 is 23.1 Å². The minimum atomic E-state index is -3.49. The quantitative estimate of drug-likeness (QED) is 0.495. The van der Waals surface area contributed by atoms with Crippen molar-refractivity contribution >= 4 is 21.7 Å². The summed E-state index contributed by atoms with van der Waals surface area (Å²) in [4.78, 5) is 36.9. The number of β-amino-alcohol motifs (C(OH)–C–C–N with tert-alkyl or cyclic N) is 1. The number of carbonyl (C=O) groups excluding carboxylic acids is 2. The molecule has 2 aliphatic carbocycles. The average molecular weight is 569 g/mol. The number of pyridine rings is 1. The zero-order valence-corrected chi connectivity index (χ0v) is 24.5. The maximum Gasteiger partial charge on any atom is 0.321 e. The van der Waals surface area contributed by atoms with Gasteiger partial charge in [-0.05, 0) is 76.7 Å². The maximum atomic E-state index is 13.8. The van der Waals surface area contributed by atoms with Crippen LogP contribution in [0.3, 0.4) is 0 Å². The van der Waals surface area contributed by atoms with Crippen LogP contribution in [0.1, 0.15) is 56.2 Å². The van der Waals surface area contributed by atoms with Crippen molar-refractivity contribution in [1.29, 1.82) is 0 Å². The highest BCUT2D eigenvalue weighted by Crippen LogP contribution is 2.50. The first kappa shape index (κ1) is 28.7. The number of urea groups is 1. The van der Waals surface area contributed by atoms with Crippen molar-refractivity contribution in [2.24, 2.45) is 0 Å². The molecule has 9 nitrogen and oxygen atoms in total. The number of carbonyl (C=O) groups is 2. The van der Waals surface area contributed by atoms with Crippen molar-refractivity contribution in [3.8, 4) is 0 Å². The third-order valence-corrected chi connectivity index (χ3v) is 10.4. The van der Waals surface area contributed by atoms with E-state index in [1.807, 2.05) is 11.0 Å². The fourth-order valence-corrected chi connectivity index (χ4v) is 7.42. The summed E-state index contributed by atoms with van der Waals surface area (Å²) in [5, 5.41) is 11.0. The number of aromatic nitrogens is 1. The highest BCUT2D eigenvalue weighted by molar-refractivity contribution is 7.90. The van der Waals surface area contributed by atoms with E-state index in [1.54, 1.807) is 17.0 Å². The van der Waals surface area contributed by atoms with Crippen LogP contribution in [-0.2, 0) is 26.6 Å². The van der Waals surface area contributed by atoms with Gasteiger partial charge in [0, 0.05) is 24.0 Å². The molecule has 3 fully saturated rings. The predicted molar refractivity (Wildman–Crippen MR) is 152 cm³/mol. The van der Waals surface area contributed by atoms with Gasteiger partial charge in [-0.2, -0.15) is 0 Å². The van der Waals surface area contributed by atoms with Crippen LogP contribution in [-0.4, -0.2) is 96.1 Å². The summed E-state index contributed by atoms with van der Waals surface area (Å²) < 4.78 is 23.8. The number of aliphatic hydroxyl groups is 1. The molecule has 2 saturated carbocycles. The number of amides is 2. The Morgan fingerprint density at radius 1 is 1.00 bits per heavy atom. The summed E-state index contributed by atoms with van der Waals surface area (Å²) in [6.45, 7) is 0.648. The van der Waals surface area contributed by atoms with Gasteiger partial charge in [0.25, 0.3) is 0 Å². The number of rotatable bonds is 9. The van der Waals surface area contributed by atoms with E-state index in [2.05, 4.69) is 48.2 Å². The molecule has 0 bridgehead atoms. The van der Waals surface area contributed by atoms with E-state index >= 15 is 0 Å². The lowest BCUT2D eigenvalue weighted by Crippen LogP contribution is -2.59. The summed E-state index contributed by atoms with van der Waals surface area (Å²) in [6.07, 6.45) is 6.59. The van der Waals surface area contributed by atoms with Gasteiger partial charge < -0.3 is 14.9 Å². The molecule has 3 aliphatic rings. The normalized spacial score (nSPS) is 26.4. The molecule has 2 heterocycles. The molecule has 0 radical (unpaired) electrons. The second-order valence-corrected chi connectivity index (χ2v) is 14.2. The minimum Gasteiger partial charge on any atom is -0.388 e. The molecule has 1 aliphatic heterocycles. The second-order valence-electron chi connectivity index (χ2n) is 12.3. The molecule has 0 atom stereocenters. The van der Waals surface area contributed by atoms with Crippen LogP contribution >= 0.6 is 0 Å². The number of hydrogen-bond acceptors (Lipinski definition) is 7. The first-order chi connectivity index (χ1) is 18.9. The summed E-state index contributed by atoms with van der Waals surface area (Å²) in [7, 11) is 0.728. The van der Waals surface area contributed by atoms with Gasteiger partial charge in [0.05, 0.1) is 30.7 Å². The zero-order chi connectivity index (χ0) is 28.8. The fourth-order valence-electron chi connectivity index (χ4n) is 6.81. The molecule has 0 unspecified atom stereocenters. The van der Waals surface area contributed by atoms with Crippen molar-refractivity contribution in [2.75, 3.05) is 40.0 Å². The Bertz CT molecular complexity index is 1370. The number of nitrogens with zero attached hydrogens (tertiary/aromatic N) is 4. The van der Waals surface area contributed by atoms with Gasteiger partial charge in [-0.3, -0.25) is 9.69 Å².